The zero-order valence-corrected chi connectivity index (χ0v) is 12.1. The Kier molecular flexibility index (Phi) is 4.68. The quantitative estimate of drug-likeness (QED) is 0.865. The third-order valence-corrected chi connectivity index (χ3v) is 3.68. The zero-order valence-electron chi connectivity index (χ0n) is 11.4. The highest BCUT2D eigenvalue weighted by Crippen LogP contribution is 2.29. The van der Waals surface area contributed by atoms with Crippen molar-refractivity contribution in [2.75, 3.05) is 40.5 Å². The Balaban J connectivity index is 2.02. The fourth-order valence-electron chi connectivity index (χ4n) is 2.41. The number of methoxy groups -OCH3 is 1. The molecule has 1 aliphatic rings. The Morgan fingerprint density at radius 1 is 1.47 bits per heavy atom. The first-order valence-corrected chi connectivity index (χ1v) is 6.66. The van der Waals surface area contributed by atoms with Crippen LogP contribution in [0.4, 0.5) is 0 Å². The number of ether oxygens (including phenoxy) is 2. The average molecular weight is 286 g/mol. The first-order chi connectivity index (χ1) is 9.08. The zero-order chi connectivity index (χ0) is 13.9. The molecule has 0 aliphatic carbocycles. The number of rotatable bonds is 6. The van der Waals surface area contributed by atoms with Gasteiger partial charge in [-0.15, -0.1) is 0 Å². The molecule has 19 heavy (non-hydrogen) atoms. The van der Waals surface area contributed by atoms with Gasteiger partial charge in [0.05, 0.1) is 32.3 Å². The van der Waals surface area contributed by atoms with Gasteiger partial charge < -0.3 is 19.5 Å². The smallest absolute Gasteiger partial charge is 0.123 e. The third kappa shape index (κ3) is 3.39. The summed E-state index contributed by atoms with van der Waals surface area (Å²) in [6.07, 6.45) is 0. The molecule has 0 aromatic heterocycles. The summed E-state index contributed by atoms with van der Waals surface area (Å²) >= 11 is 6.02. The third-order valence-electron chi connectivity index (χ3n) is 3.44. The van der Waals surface area contributed by atoms with Gasteiger partial charge in [0, 0.05) is 23.7 Å². The van der Waals surface area contributed by atoms with E-state index in [2.05, 4.69) is 4.90 Å². The van der Waals surface area contributed by atoms with E-state index in [1.807, 2.05) is 25.2 Å². The minimum absolute atomic E-state index is 0.111. The van der Waals surface area contributed by atoms with E-state index in [1.165, 1.54) is 0 Å². The van der Waals surface area contributed by atoms with Crippen molar-refractivity contribution in [2.45, 2.75) is 6.54 Å². The van der Waals surface area contributed by atoms with Crippen molar-refractivity contribution in [1.29, 1.82) is 0 Å². The number of hydrogen-bond donors (Lipinski definition) is 1. The standard InChI is InChI=1S/C14H20ClNO3/c1-16(7-14(8-17)9-19-10-14)6-11-5-12(15)3-4-13(11)18-2/h3-5,17H,6-10H2,1-2H3. The van der Waals surface area contributed by atoms with E-state index < -0.39 is 0 Å². The van der Waals surface area contributed by atoms with E-state index in [-0.39, 0.29) is 12.0 Å². The van der Waals surface area contributed by atoms with Crippen molar-refractivity contribution in [3.05, 3.63) is 28.8 Å². The number of aliphatic hydroxyl groups excluding tert-OH is 1. The van der Waals surface area contributed by atoms with Gasteiger partial charge in [-0.3, -0.25) is 0 Å². The van der Waals surface area contributed by atoms with Crippen LogP contribution in [0.15, 0.2) is 18.2 Å². The van der Waals surface area contributed by atoms with Crippen LogP contribution in [-0.2, 0) is 11.3 Å². The minimum Gasteiger partial charge on any atom is -0.496 e. The molecule has 2 rings (SSSR count). The summed E-state index contributed by atoms with van der Waals surface area (Å²) in [6, 6.07) is 5.61. The lowest BCUT2D eigenvalue weighted by Gasteiger charge is -2.42. The Morgan fingerprint density at radius 2 is 2.21 bits per heavy atom. The second-order valence-electron chi connectivity index (χ2n) is 5.28. The van der Waals surface area contributed by atoms with Gasteiger partial charge >= 0.3 is 0 Å². The van der Waals surface area contributed by atoms with Crippen LogP contribution in [0.2, 0.25) is 5.02 Å². The second-order valence-corrected chi connectivity index (χ2v) is 5.72. The van der Waals surface area contributed by atoms with Gasteiger partial charge in [-0.2, -0.15) is 0 Å². The van der Waals surface area contributed by atoms with Crippen LogP contribution in [0.25, 0.3) is 0 Å². The van der Waals surface area contributed by atoms with Gasteiger partial charge in [0.15, 0.2) is 0 Å². The van der Waals surface area contributed by atoms with Crippen LogP contribution >= 0.6 is 11.6 Å². The molecular weight excluding hydrogens is 266 g/mol. The molecule has 0 saturated carbocycles. The van der Waals surface area contributed by atoms with Crippen molar-refractivity contribution in [1.82, 2.24) is 4.90 Å². The van der Waals surface area contributed by atoms with Crippen molar-refractivity contribution in [3.63, 3.8) is 0 Å². The summed E-state index contributed by atoms with van der Waals surface area (Å²) in [7, 11) is 3.68. The Morgan fingerprint density at radius 3 is 2.74 bits per heavy atom. The van der Waals surface area contributed by atoms with E-state index in [1.54, 1.807) is 7.11 Å². The molecule has 0 atom stereocenters. The Bertz CT molecular complexity index is 429. The van der Waals surface area contributed by atoms with E-state index >= 15 is 0 Å². The van der Waals surface area contributed by atoms with E-state index in [0.29, 0.717) is 18.2 Å². The van der Waals surface area contributed by atoms with Crippen LogP contribution < -0.4 is 4.74 Å². The number of aliphatic hydroxyl groups is 1. The summed E-state index contributed by atoms with van der Waals surface area (Å²) in [5.74, 6) is 0.833. The maximum atomic E-state index is 9.44. The van der Waals surface area contributed by atoms with Gasteiger partial charge in [0.25, 0.3) is 0 Å². The molecule has 1 aliphatic heterocycles. The normalized spacial score (nSPS) is 17.3. The van der Waals surface area contributed by atoms with Crippen molar-refractivity contribution < 1.29 is 14.6 Å². The lowest BCUT2D eigenvalue weighted by molar-refractivity contribution is -0.147. The lowest BCUT2D eigenvalue weighted by Crippen LogP contribution is -2.52. The van der Waals surface area contributed by atoms with Gasteiger partial charge in [0.1, 0.15) is 5.75 Å². The van der Waals surface area contributed by atoms with Gasteiger partial charge in [-0.05, 0) is 25.2 Å². The highest BCUT2D eigenvalue weighted by atomic mass is 35.5. The number of benzene rings is 1. The second kappa shape index (κ2) is 6.09. The van der Waals surface area contributed by atoms with Gasteiger partial charge in [-0.1, -0.05) is 11.6 Å². The number of halogens is 1. The van der Waals surface area contributed by atoms with E-state index in [0.717, 1.165) is 24.4 Å². The predicted octanol–water partition coefficient (Wildman–Crippen LogP) is 1.79. The van der Waals surface area contributed by atoms with Gasteiger partial charge in [-0.25, -0.2) is 0 Å². The van der Waals surface area contributed by atoms with Crippen LogP contribution in [0.3, 0.4) is 0 Å². The average Bonchev–Trinajstić information content (AvgIpc) is 2.34. The van der Waals surface area contributed by atoms with Crippen LogP contribution in [0, 0.1) is 5.41 Å². The summed E-state index contributed by atoms with van der Waals surface area (Å²) in [6.45, 7) is 2.93. The fourth-order valence-corrected chi connectivity index (χ4v) is 2.61. The number of hydrogen-bond acceptors (Lipinski definition) is 4. The molecule has 1 heterocycles. The molecule has 1 aromatic rings. The highest BCUT2D eigenvalue weighted by Gasteiger charge is 2.38. The molecule has 1 aromatic carbocycles. The largest absolute Gasteiger partial charge is 0.496 e. The monoisotopic (exact) mass is 285 g/mol. The highest BCUT2D eigenvalue weighted by molar-refractivity contribution is 6.30. The van der Waals surface area contributed by atoms with Crippen molar-refractivity contribution in [3.8, 4) is 5.75 Å². The van der Waals surface area contributed by atoms with E-state index in [4.69, 9.17) is 21.1 Å². The maximum Gasteiger partial charge on any atom is 0.123 e. The van der Waals surface area contributed by atoms with Crippen LogP contribution in [0.5, 0.6) is 5.75 Å². The molecule has 0 spiro atoms. The first kappa shape index (κ1) is 14.6. The molecule has 106 valence electrons. The summed E-state index contributed by atoms with van der Waals surface area (Å²) in [5, 5.41) is 10.1. The number of nitrogens with zero attached hydrogens (tertiary/aromatic N) is 1. The van der Waals surface area contributed by atoms with Crippen LogP contribution in [0.1, 0.15) is 5.56 Å². The molecule has 1 fully saturated rings. The molecule has 0 amide bonds. The molecule has 0 bridgehead atoms. The lowest BCUT2D eigenvalue weighted by atomic mass is 9.86. The molecule has 1 saturated heterocycles. The molecule has 1 N–H and O–H groups in total. The summed E-state index contributed by atoms with van der Waals surface area (Å²) in [5.41, 5.74) is 0.937. The SMILES string of the molecule is COc1ccc(Cl)cc1CN(C)CC1(CO)COC1. The van der Waals surface area contributed by atoms with Gasteiger partial charge in [0.2, 0.25) is 0 Å². The Hall–Kier alpha value is -0.810. The topological polar surface area (TPSA) is 41.9 Å². The molecule has 0 radical (unpaired) electrons. The van der Waals surface area contributed by atoms with E-state index in [9.17, 15) is 5.11 Å². The van der Waals surface area contributed by atoms with Crippen LogP contribution in [-0.4, -0.2) is 50.5 Å². The molecule has 4 nitrogen and oxygen atoms in total. The maximum absolute atomic E-state index is 9.44. The molecular formula is C14H20ClNO3. The molecule has 0 unspecified atom stereocenters. The predicted molar refractivity (Wildman–Crippen MR) is 74.7 cm³/mol. The molecule has 5 heteroatoms. The fraction of sp³-hybridized carbons (Fsp3) is 0.571. The van der Waals surface area contributed by atoms with Crippen molar-refractivity contribution >= 4 is 11.6 Å². The summed E-state index contributed by atoms with van der Waals surface area (Å²) < 4.78 is 10.6. The Labute approximate surface area is 118 Å². The minimum atomic E-state index is -0.111. The van der Waals surface area contributed by atoms with Crippen molar-refractivity contribution in [2.24, 2.45) is 5.41 Å². The summed E-state index contributed by atoms with van der Waals surface area (Å²) in [4.78, 5) is 2.16. The first-order valence-electron chi connectivity index (χ1n) is 6.28.